The Bertz CT molecular complexity index is 361. The van der Waals surface area contributed by atoms with Gasteiger partial charge in [0.25, 0.3) is 5.91 Å². The zero-order valence-corrected chi connectivity index (χ0v) is 9.42. The molecule has 0 saturated heterocycles. The first-order valence-corrected chi connectivity index (χ1v) is 4.98. The van der Waals surface area contributed by atoms with Gasteiger partial charge in [0.1, 0.15) is 0 Å². The number of carboxylic acids is 2. The number of esters is 1. The Morgan fingerprint density at radius 2 is 1.78 bits per heavy atom. The van der Waals surface area contributed by atoms with Crippen molar-refractivity contribution in [2.75, 3.05) is 13.2 Å². The van der Waals surface area contributed by atoms with Gasteiger partial charge in [-0.05, 0) is 6.42 Å². The molecule has 0 atom stereocenters. The number of carboxylic acid groups (broad SMARTS) is 2. The highest BCUT2D eigenvalue weighted by molar-refractivity contribution is 5.91. The van der Waals surface area contributed by atoms with E-state index >= 15 is 0 Å². The van der Waals surface area contributed by atoms with Crippen LogP contribution in [-0.4, -0.2) is 47.2 Å². The van der Waals surface area contributed by atoms with Crippen LogP contribution in [0.25, 0.3) is 0 Å². The maximum Gasteiger partial charge on any atom is 0.331 e. The van der Waals surface area contributed by atoms with Gasteiger partial charge in [0.2, 0.25) is 0 Å². The maximum absolute atomic E-state index is 11.1. The van der Waals surface area contributed by atoms with Crippen LogP contribution in [-0.2, 0) is 23.9 Å². The second-order valence-electron chi connectivity index (χ2n) is 3.13. The molecule has 0 heterocycles. The molecule has 0 aromatic rings. The molecule has 8 nitrogen and oxygen atoms in total. The topological polar surface area (TPSA) is 130 Å². The van der Waals surface area contributed by atoms with Crippen LogP contribution in [0.2, 0.25) is 0 Å². The maximum atomic E-state index is 11.1. The van der Waals surface area contributed by atoms with Gasteiger partial charge in [-0.15, -0.1) is 0 Å². The molecular weight excluding hydrogens is 246 g/mol. The molecule has 100 valence electrons. The fraction of sp³-hybridized carbons (Fsp3) is 0.400. The predicted octanol–water partition coefficient (Wildman–Crippen LogP) is -0.849. The Hall–Kier alpha value is -2.38. The smallest absolute Gasteiger partial charge is 0.331 e. The molecule has 18 heavy (non-hydrogen) atoms. The summed E-state index contributed by atoms with van der Waals surface area (Å²) in [6, 6.07) is 0. The Morgan fingerprint density at radius 1 is 1.11 bits per heavy atom. The van der Waals surface area contributed by atoms with E-state index in [-0.39, 0.29) is 19.4 Å². The molecule has 0 aliphatic heterocycles. The fourth-order valence-corrected chi connectivity index (χ4v) is 0.843. The summed E-state index contributed by atoms with van der Waals surface area (Å²) < 4.78 is 4.41. The van der Waals surface area contributed by atoms with Gasteiger partial charge in [0, 0.05) is 25.1 Å². The van der Waals surface area contributed by atoms with Gasteiger partial charge in [0.15, 0.2) is 6.61 Å². The summed E-state index contributed by atoms with van der Waals surface area (Å²) >= 11 is 0. The van der Waals surface area contributed by atoms with E-state index in [2.05, 4.69) is 10.1 Å². The number of aliphatic carboxylic acids is 2. The zero-order chi connectivity index (χ0) is 14.0. The SMILES string of the molecule is O=C(O)C=CC(=O)OCC(=O)NCCCC(=O)O. The van der Waals surface area contributed by atoms with Crippen LogP contribution in [0.15, 0.2) is 12.2 Å². The van der Waals surface area contributed by atoms with Gasteiger partial charge in [-0.1, -0.05) is 0 Å². The normalized spacial score (nSPS) is 10.0. The quantitative estimate of drug-likeness (QED) is 0.294. The molecule has 0 aromatic carbocycles. The Morgan fingerprint density at radius 3 is 2.33 bits per heavy atom. The summed E-state index contributed by atoms with van der Waals surface area (Å²) in [6.45, 7) is -0.385. The second kappa shape index (κ2) is 8.74. The first kappa shape index (κ1) is 15.6. The van der Waals surface area contributed by atoms with Gasteiger partial charge >= 0.3 is 17.9 Å². The second-order valence-corrected chi connectivity index (χ2v) is 3.13. The van der Waals surface area contributed by atoms with Crippen LogP contribution in [0.1, 0.15) is 12.8 Å². The summed E-state index contributed by atoms with van der Waals surface area (Å²) in [5, 5.41) is 18.9. The Labute approximate surface area is 102 Å². The molecule has 0 unspecified atom stereocenters. The molecule has 3 N–H and O–H groups in total. The van der Waals surface area contributed by atoms with Crippen LogP contribution in [0.5, 0.6) is 0 Å². The number of nitrogens with one attached hydrogen (secondary N) is 1. The van der Waals surface area contributed by atoms with E-state index in [9.17, 15) is 19.2 Å². The molecule has 0 rings (SSSR count). The number of carbonyl (C=O) groups is 4. The third-order valence-electron chi connectivity index (χ3n) is 1.60. The minimum absolute atomic E-state index is 0.0680. The lowest BCUT2D eigenvalue weighted by molar-refractivity contribution is -0.144. The van der Waals surface area contributed by atoms with Gasteiger partial charge < -0.3 is 20.3 Å². The van der Waals surface area contributed by atoms with Gasteiger partial charge in [-0.3, -0.25) is 9.59 Å². The molecule has 0 aliphatic rings. The Kier molecular flexibility index (Phi) is 7.58. The fourth-order valence-electron chi connectivity index (χ4n) is 0.843. The summed E-state index contributed by atoms with van der Waals surface area (Å²) in [6.07, 6.45) is 1.47. The summed E-state index contributed by atoms with van der Waals surface area (Å²) in [5.74, 6) is -3.80. The van der Waals surface area contributed by atoms with E-state index in [4.69, 9.17) is 10.2 Å². The largest absolute Gasteiger partial charge is 0.481 e. The van der Waals surface area contributed by atoms with Crippen molar-refractivity contribution in [3.05, 3.63) is 12.2 Å². The lowest BCUT2D eigenvalue weighted by Crippen LogP contribution is -2.29. The van der Waals surface area contributed by atoms with E-state index in [0.29, 0.717) is 12.2 Å². The standard InChI is InChI=1S/C10H13NO7/c12-7(11-5-1-2-8(13)14)6-18-10(17)4-3-9(15)16/h3-4H,1-2,5-6H2,(H,11,12)(H,13,14)(H,15,16). The van der Waals surface area contributed by atoms with Gasteiger partial charge in [-0.2, -0.15) is 0 Å². The summed E-state index contributed by atoms with van der Waals surface area (Å²) in [7, 11) is 0. The van der Waals surface area contributed by atoms with Crippen LogP contribution in [0.3, 0.4) is 0 Å². The molecule has 8 heteroatoms. The molecule has 0 bridgehead atoms. The van der Waals surface area contributed by atoms with Crippen LogP contribution < -0.4 is 5.32 Å². The minimum atomic E-state index is -1.30. The first-order chi connectivity index (χ1) is 8.41. The van der Waals surface area contributed by atoms with Crippen molar-refractivity contribution in [3.63, 3.8) is 0 Å². The van der Waals surface area contributed by atoms with Crippen molar-refractivity contribution in [3.8, 4) is 0 Å². The highest BCUT2D eigenvalue weighted by Crippen LogP contribution is 1.87. The van der Waals surface area contributed by atoms with E-state index in [1.165, 1.54) is 0 Å². The van der Waals surface area contributed by atoms with Crippen molar-refractivity contribution in [2.24, 2.45) is 0 Å². The molecule has 0 aliphatic carbocycles. The highest BCUT2D eigenvalue weighted by Gasteiger charge is 2.05. The molecule has 0 fully saturated rings. The number of carbonyl (C=O) groups excluding carboxylic acids is 2. The third kappa shape index (κ3) is 10.1. The zero-order valence-electron chi connectivity index (χ0n) is 9.42. The van der Waals surface area contributed by atoms with Crippen molar-refractivity contribution in [1.82, 2.24) is 5.32 Å². The lowest BCUT2D eigenvalue weighted by atomic mass is 10.3. The van der Waals surface area contributed by atoms with Crippen molar-refractivity contribution < 1.29 is 34.1 Å². The summed E-state index contributed by atoms with van der Waals surface area (Å²) in [4.78, 5) is 42.1. The molecule has 0 aromatic heterocycles. The van der Waals surface area contributed by atoms with Gasteiger partial charge in [0.05, 0.1) is 0 Å². The lowest BCUT2D eigenvalue weighted by Gasteiger charge is -2.03. The highest BCUT2D eigenvalue weighted by atomic mass is 16.5. The van der Waals surface area contributed by atoms with Crippen LogP contribution in [0.4, 0.5) is 0 Å². The Balaban J connectivity index is 3.67. The van der Waals surface area contributed by atoms with Crippen molar-refractivity contribution >= 4 is 23.8 Å². The number of hydrogen-bond donors (Lipinski definition) is 3. The molecular formula is C10H13NO7. The monoisotopic (exact) mass is 259 g/mol. The molecule has 1 amide bonds. The van der Waals surface area contributed by atoms with E-state index in [1.807, 2.05) is 0 Å². The van der Waals surface area contributed by atoms with E-state index in [1.54, 1.807) is 0 Å². The first-order valence-electron chi connectivity index (χ1n) is 4.98. The van der Waals surface area contributed by atoms with Crippen molar-refractivity contribution in [1.29, 1.82) is 0 Å². The average Bonchev–Trinajstić information content (AvgIpc) is 2.29. The van der Waals surface area contributed by atoms with E-state index < -0.39 is 30.4 Å². The molecule has 0 spiro atoms. The minimum Gasteiger partial charge on any atom is -0.481 e. The molecule has 0 radical (unpaired) electrons. The average molecular weight is 259 g/mol. The van der Waals surface area contributed by atoms with E-state index in [0.717, 1.165) is 0 Å². The van der Waals surface area contributed by atoms with Crippen LogP contribution >= 0.6 is 0 Å². The van der Waals surface area contributed by atoms with Gasteiger partial charge in [-0.25, -0.2) is 9.59 Å². The number of hydrogen-bond acceptors (Lipinski definition) is 5. The van der Waals surface area contributed by atoms with Crippen LogP contribution in [0, 0.1) is 0 Å². The summed E-state index contributed by atoms with van der Waals surface area (Å²) in [5.41, 5.74) is 0. The number of rotatable bonds is 8. The number of ether oxygens (including phenoxy) is 1. The van der Waals surface area contributed by atoms with Crippen molar-refractivity contribution in [2.45, 2.75) is 12.8 Å². The third-order valence-corrected chi connectivity index (χ3v) is 1.60. The molecule has 0 saturated carbocycles. The predicted molar refractivity (Wildman–Crippen MR) is 57.6 cm³/mol. The number of amides is 1.